The second-order valence-electron chi connectivity index (χ2n) is 3.96. The van der Waals surface area contributed by atoms with Crippen molar-refractivity contribution >= 4 is 21.4 Å². The van der Waals surface area contributed by atoms with Gasteiger partial charge in [-0.1, -0.05) is 12.1 Å². The number of carbonyl (C=O) groups is 1. The highest BCUT2D eigenvalue weighted by Crippen LogP contribution is 2.19. The van der Waals surface area contributed by atoms with E-state index in [-0.39, 0.29) is 17.3 Å². The van der Waals surface area contributed by atoms with Gasteiger partial charge in [0.25, 0.3) is 0 Å². The zero-order valence-electron chi connectivity index (χ0n) is 11.0. The molecule has 0 fully saturated rings. The molecule has 0 saturated carbocycles. The molecule has 0 saturated heterocycles. The number of rotatable bonds is 7. The summed E-state index contributed by atoms with van der Waals surface area (Å²) in [6.45, 7) is 0.868. The fraction of sp³-hybridized carbons (Fsp3) is 0.417. The van der Waals surface area contributed by atoms with E-state index in [2.05, 4.69) is 10.6 Å². The summed E-state index contributed by atoms with van der Waals surface area (Å²) in [7, 11) is -1.77. The number of ether oxygens (including phenoxy) is 1. The van der Waals surface area contributed by atoms with Crippen LogP contribution in [0, 0.1) is 0 Å². The normalized spacial score (nSPS) is 11.1. The summed E-state index contributed by atoms with van der Waals surface area (Å²) < 4.78 is 27.9. The fourth-order valence-electron chi connectivity index (χ4n) is 1.47. The molecule has 0 unspecified atom stereocenters. The number of sulfone groups is 1. The van der Waals surface area contributed by atoms with Crippen LogP contribution in [0.3, 0.4) is 0 Å². The maximum atomic E-state index is 11.6. The number of hydrogen-bond donors (Lipinski definition) is 2. The zero-order valence-corrected chi connectivity index (χ0v) is 11.8. The van der Waals surface area contributed by atoms with Crippen LogP contribution < -0.4 is 10.6 Å². The van der Waals surface area contributed by atoms with E-state index in [1.54, 1.807) is 25.3 Å². The molecule has 0 aromatic heterocycles. The van der Waals surface area contributed by atoms with Gasteiger partial charge in [0.15, 0.2) is 9.84 Å². The molecule has 0 aliphatic carbocycles. The predicted molar refractivity (Wildman–Crippen MR) is 72.9 cm³/mol. The van der Waals surface area contributed by atoms with Gasteiger partial charge in [-0.25, -0.2) is 8.42 Å². The lowest BCUT2D eigenvalue weighted by molar-refractivity contribution is -0.119. The first kappa shape index (κ1) is 15.5. The van der Waals surface area contributed by atoms with Gasteiger partial charge in [-0.3, -0.25) is 4.79 Å². The summed E-state index contributed by atoms with van der Waals surface area (Å²) in [5.41, 5.74) is 0.423. The van der Waals surface area contributed by atoms with Crippen LogP contribution in [0.2, 0.25) is 0 Å². The lowest BCUT2D eigenvalue weighted by atomic mass is 10.3. The maximum absolute atomic E-state index is 11.6. The van der Waals surface area contributed by atoms with Crippen LogP contribution in [-0.4, -0.2) is 47.4 Å². The van der Waals surface area contributed by atoms with Gasteiger partial charge in [0.1, 0.15) is 0 Å². The van der Waals surface area contributed by atoms with E-state index in [0.717, 1.165) is 6.26 Å². The quantitative estimate of drug-likeness (QED) is 0.703. The smallest absolute Gasteiger partial charge is 0.239 e. The van der Waals surface area contributed by atoms with Crippen LogP contribution in [0.15, 0.2) is 29.2 Å². The number of para-hydroxylation sites is 1. The molecular weight excluding hydrogens is 268 g/mol. The molecule has 1 amide bonds. The minimum atomic E-state index is -3.32. The van der Waals surface area contributed by atoms with Crippen molar-refractivity contribution in [2.75, 3.05) is 38.4 Å². The number of carbonyl (C=O) groups excluding carboxylic acids is 1. The Labute approximate surface area is 113 Å². The van der Waals surface area contributed by atoms with Gasteiger partial charge >= 0.3 is 0 Å². The van der Waals surface area contributed by atoms with E-state index in [0.29, 0.717) is 18.8 Å². The summed E-state index contributed by atoms with van der Waals surface area (Å²) >= 11 is 0. The van der Waals surface area contributed by atoms with E-state index in [1.165, 1.54) is 6.07 Å². The number of methoxy groups -OCH3 is 1. The van der Waals surface area contributed by atoms with Gasteiger partial charge in [0, 0.05) is 19.9 Å². The van der Waals surface area contributed by atoms with E-state index in [1.807, 2.05) is 0 Å². The van der Waals surface area contributed by atoms with Crippen molar-refractivity contribution in [3.05, 3.63) is 24.3 Å². The van der Waals surface area contributed by atoms with Gasteiger partial charge in [0.2, 0.25) is 5.91 Å². The largest absolute Gasteiger partial charge is 0.383 e. The number of benzene rings is 1. The minimum Gasteiger partial charge on any atom is -0.383 e. The monoisotopic (exact) mass is 286 g/mol. The summed E-state index contributed by atoms with van der Waals surface area (Å²) in [6, 6.07) is 6.47. The summed E-state index contributed by atoms with van der Waals surface area (Å²) in [5.74, 6) is -0.222. The highest BCUT2D eigenvalue weighted by molar-refractivity contribution is 7.90. The molecule has 106 valence electrons. The zero-order chi connectivity index (χ0) is 14.3. The average molecular weight is 286 g/mol. The fourth-order valence-corrected chi connectivity index (χ4v) is 2.33. The van der Waals surface area contributed by atoms with Gasteiger partial charge in [-0.05, 0) is 12.1 Å². The van der Waals surface area contributed by atoms with Crippen molar-refractivity contribution in [1.82, 2.24) is 5.32 Å². The number of anilines is 1. The molecule has 1 aromatic carbocycles. The third kappa shape index (κ3) is 5.27. The van der Waals surface area contributed by atoms with E-state index >= 15 is 0 Å². The van der Waals surface area contributed by atoms with Crippen LogP contribution in [0.1, 0.15) is 0 Å². The highest BCUT2D eigenvalue weighted by Gasteiger charge is 2.12. The lowest BCUT2D eigenvalue weighted by Gasteiger charge is -2.10. The van der Waals surface area contributed by atoms with Crippen LogP contribution in [0.5, 0.6) is 0 Å². The Bertz CT molecular complexity index is 528. The van der Waals surface area contributed by atoms with Gasteiger partial charge in [-0.15, -0.1) is 0 Å². The minimum absolute atomic E-state index is 0.0102. The summed E-state index contributed by atoms with van der Waals surface area (Å²) in [4.78, 5) is 11.7. The van der Waals surface area contributed by atoms with Crippen LogP contribution >= 0.6 is 0 Å². The molecule has 2 N–H and O–H groups in total. The Morgan fingerprint density at radius 2 is 2.00 bits per heavy atom. The second-order valence-corrected chi connectivity index (χ2v) is 5.95. The highest BCUT2D eigenvalue weighted by atomic mass is 32.2. The van der Waals surface area contributed by atoms with Gasteiger partial charge in [0.05, 0.1) is 23.7 Å². The first-order chi connectivity index (χ1) is 8.95. The SMILES string of the molecule is COCCNC(=O)CNc1ccccc1S(C)(=O)=O. The molecule has 0 radical (unpaired) electrons. The molecule has 6 nitrogen and oxygen atoms in total. The number of hydrogen-bond acceptors (Lipinski definition) is 5. The molecule has 19 heavy (non-hydrogen) atoms. The summed E-state index contributed by atoms with van der Waals surface area (Å²) in [6.07, 6.45) is 1.13. The topological polar surface area (TPSA) is 84.5 Å². The van der Waals surface area contributed by atoms with Crippen molar-refractivity contribution in [1.29, 1.82) is 0 Å². The number of amides is 1. The maximum Gasteiger partial charge on any atom is 0.239 e. The molecule has 0 aliphatic rings. The van der Waals surface area contributed by atoms with Crippen molar-refractivity contribution in [2.24, 2.45) is 0 Å². The molecule has 0 aliphatic heterocycles. The molecule has 0 bridgehead atoms. The predicted octanol–water partition coefficient (Wildman–Crippen LogP) is 0.265. The lowest BCUT2D eigenvalue weighted by Crippen LogP contribution is -2.32. The van der Waals surface area contributed by atoms with Crippen LogP contribution in [0.4, 0.5) is 5.69 Å². The molecule has 1 aromatic rings. The average Bonchev–Trinajstić information content (AvgIpc) is 2.36. The Balaban J connectivity index is 2.61. The van der Waals surface area contributed by atoms with Gasteiger partial charge in [-0.2, -0.15) is 0 Å². The van der Waals surface area contributed by atoms with E-state index in [4.69, 9.17) is 4.74 Å². The van der Waals surface area contributed by atoms with Gasteiger partial charge < -0.3 is 15.4 Å². The van der Waals surface area contributed by atoms with E-state index in [9.17, 15) is 13.2 Å². The summed E-state index contributed by atoms with van der Waals surface area (Å²) in [5, 5.41) is 5.45. The van der Waals surface area contributed by atoms with Crippen molar-refractivity contribution in [2.45, 2.75) is 4.90 Å². The molecule has 0 atom stereocenters. The standard InChI is InChI=1S/C12H18N2O4S/c1-18-8-7-13-12(15)9-14-10-5-3-4-6-11(10)19(2,16)17/h3-6,14H,7-9H2,1-2H3,(H,13,15). The molecular formula is C12H18N2O4S. The molecule has 0 spiro atoms. The van der Waals surface area contributed by atoms with Crippen molar-refractivity contribution in [3.63, 3.8) is 0 Å². The second kappa shape index (κ2) is 7.10. The third-order valence-corrected chi connectivity index (χ3v) is 3.51. The Morgan fingerprint density at radius 3 is 2.63 bits per heavy atom. The Morgan fingerprint density at radius 1 is 1.32 bits per heavy atom. The molecule has 0 heterocycles. The van der Waals surface area contributed by atoms with Crippen molar-refractivity contribution in [3.8, 4) is 0 Å². The van der Waals surface area contributed by atoms with Crippen LogP contribution in [0.25, 0.3) is 0 Å². The van der Waals surface area contributed by atoms with Crippen molar-refractivity contribution < 1.29 is 17.9 Å². The van der Waals surface area contributed by atoms with Crippen LogP contribution in [-0.2, 0) is 19.4 Å². The third-order valence-electron chi connectivity index (χ3n) is 2.35. The first-order valence-corrected chi connectivity index (χ1v) is 7.63. The Hall–Kier alpha value is -1.60. The molecule has 7 heteroatoms. The van der Waals surface area contributed by atoms with E-state index < -0.39 is 9.84 Å². The Kier molecular flexibility index (Phi) is 5.78. The first-order valence-electron chi connectivity index (χ1n) is 5.73. The number of nitrogens with one attached hydrogen (secondary N) is 2. The molecule has 1 rings (SSSR count).